The number of benzene rings is 2. The van der Waals surface area contributed by atoms with Crippen LogP contribution in [0.3, 0.4) is 0 Å². The minimum atomic E-state index is -1.08. The standard InChI is InChI=1S/C14H7Cl2NO3/c15-8-4-2-5-9(16)11(8)13-17-10-6-1-3-7(14(18)19)12(10)20-13/h1-6H,(H,18,19). The summed E-state index contributed by atoms with van der Waals surface area (Å²) >= 11 is 12.2. The van der Waals surface area contributed by atoms with Crippen molar-refractivity contribution in [3.63, 3.8) is 0 Å². The number of oxazole rings is 1. The largest absolute Gasteiger partial charge is 0.478 e. The van der Waals surface area contributed by atoms with Crippen LogP contribution in [0, 0.1) is 0 Å². The summed E-state index contributed by atoms with van der Waals surface area (Å²) in [5.41, 5.74) is 1.13. The lowest BCUT2D eigenvalue weighted by molar-refractivity contribution is 0.0698. The Morgan fingerprint density at radius 3 is 2.40 bits per heavy atom. The van der Waals surface area contributed by atoms with Crippen LogP contribution in [-0.4, -0.2) is 16.1 Å². The first-order chi connectivity index (χ1) is 9.58. The monoisotopic (exact) mass is 307 g/mol. The Morgan fingerprint density at radius 1 is 1.10 bits per heavy atom. The number of hydrogen-bond acceptors (Lipinski definition) is 3. The van der Waals surface area contributed by atoms with Gasteiger partial charge < -0.3 is 9.52 Å². The van der Waals surface area contributed by atoms with E-state index in [1.165, 1.54) is 6.07 Å². The molecular formula is C14H7Cl2NO3. The third-order valence-electron chi connectivity index (χ3n) is 2.82. The second-order valence-corrected chi connectivity index (χ2v) is 4.89. The number of carbonyl (C=O) groups is 1. The van der Waals surface area contributed by atoms with Gasteiger partial charge in [0.25, 0.3) is 0 Å². The molecule has 20 heavy (non-hydrogen) atoms. The zero-order valence-electron chi connectivity index (χ0n) is 9.93. The minimum absolute atomic E-state index is 0.0458. The number of carboxylic acids is 1. The van der Waals surface area contributed by atoms with Crippen molar-refractivity contribution in [3.8, 4) is 11.5 Å². The maximum atomic E-state index is 11.2. The van der Waals surface area contributed by atoms with Gasteiger partial charge >= 0.3 is 5.97 Å². The average molecular weight is 308 g/mol. The zero-order valence-corrected chi connectivity index (χ0v) is 11.4. The lowest BCUT2D eigenvalue weighted by Gasteiger charge is -2.01. The van der Waals surface area contributed by atoms with E-state index in [1.807, 2.05) is 0 Å². The summed E-state index contributed by atoms with van der Waals surface area (Å²) in [4.78, 5) is 15.4. The molecule has 2 aromatic carbocycles. The van der Waals surface area contributed by atoms with Crippen molar-refractivity contribution in [2.45, 2.75) is 0 Å². The van der Waals surface area contributed by atoms with Crippen LogP contribution in [0.5, 0.6) is 0 Å². The van der Waals surface area contributed by atoms with E-state index in [1.54, 1.807) is 30.3 Å². The van der Waals surface area contributed by atoms with E-state index in [2.05, 4.69) is 4.98 Å². The summed E-state index contributed by atoms with van der Waals surface area (Å²) in [7, 11) is 0. The van der Waals surface area contributed by atoms with Crippen LogP contribution in [0.25, 0.3) is 22.6 Å². The van der Waals surface area contributed by atoms with E-state index in [-0.39, 0.29) is 17.0 Å². The maximum Gasteiger partial charge on any atom is 0.339 e. The lowest BCUT2D eigenvalue weighted by Crippen LogP contribution is -1.95. The first-order valence-corrected chi connectivity index (χ1v) is 6.41. The van der Waals surface area contributed by atoms with Gasteiger partial charge in [-0.25, -0.2) is 9.78 Å². The van der Waals surface area contributed by atoms with Gasteiger partial charge in [0.15, 0.2) is 5.58 Å². The number of fused-ring (bicyclic) bond motifs is 1. The smallest absolute Gasteiger partial charge is 0.339 e. The topological polar surface area (TPSA) is 63.3 Å². The fourth-order valence-corrected chi connectivity index (χ4v) is 2.49. The molecule has 1 N–H and O–H groups in total. The number of rotatable bonds is 2. The fourth-order valence-electron chi connectivity index (χ4n) is 1.93. The Balaban J connectivity index is 2.29. The molecule has 1 heterocycles. The minimum Gasteiger partial charge on any atom is -0.478 e. The van der Waals surface area contributed by atoms with E-state index >= 15 is 0 Å². The van der Waals surface area contributed by atoms with E-state index in [0.717, 1.165) is 0 Å². The van der Waals surface area contributed by atoms with Crippen molar-refractivity contribution in [1.82, 2.24) is 4.98 Å². The van der Waals surface area contributed by atoms with Gasteiger partial charge in [-0.3, -0.25) is 0 Å². The van der Waals surface area contributed by atoms with Crippen molar-refractivity contribution in [3.05, 3.63) is 52.0 Å². The average Bonchev–Trinajstić information content (AvgIpc) is 2.81. The Morgan fingerprint density at radius 2 is 1.75 bits per heavy atom. The first kappa shape index (κ1) is 13.0. The van der Waals surface area contributed by atoms with Crippen LogP contribution >= 0.6 is 23.2 Å². The Kier molecular flexibility index (Phi) is 3.12. The number of aromatic nitrogens is 1. The third-order valence-corrected chi connectivity index (χ3v) is 3.45. The van der Waals surface area contributed by atoms with Gasteiger partial charge in [0.05, 0.1) is 15.6 Å². The van der Waals surface area contributed by atoms with E-state index in [0.29, 0.717) is 21.1 Å². The molecule has 0 bridgehead atoms. The van der Waals surface area contributed by atoms with E-state index < -0.39 is 5.97 Å². The van der Waals surface area contributed by atoms with Gasteiger partial charge in [0.2, 0.25) is 5.89 Å². The summed E-state index contributed by atoms with van der Waals surface area (Å²) < 4.78 is 5.55. The second-order valence-electron chi connectivity index (χ2n) is 4.07. The summed E-state index contributed by atoms with van der Waals surface area (Å²) in [5, 5.41) is 9.91. The number of halogens is 2. The van der Waals surface area contributed by atoms with Crippen molar-refractivity contribution in [2.24, 2.45) is 0 Å². The lowest BCUT2D eigenvalue weighted by atomic mass is 10.2. The molecule has 3 aromatic rings. The predicted octanol–water partition coefficient (Wildman–Crippen LogP) is 4.50. The molecule has 0 saturated carbocycles. The molecule has 4 nitrogen and oxygen atoms in total. The molecule has 0 amide bonds. The highest BCUT2D eigenvalue weighted by Gasteiger charge is 2.18. The molecule has 0 unspecified atom stereocenters. The van der Waals surface area contributed by atoms with Gasteiger partial charge in [-0.2, -0.15) is 0 Å². The number of nitrogens with zero attached hydrogens (tertiary/aromatic N) is 1. The molecule has 0 spiro atoms. The van der Waals surface area contributed by atoms with Crippen LogP contribution in [0.15, 0.2) is 40.8 Å². The molecular weight excluding hydrogens is 301 g/mol. The molecule has 6 heteroatoms. The highest BCUT2D eigenvalue weighted by Crippen LogP contribution is 2.36. The Bertz CT molecular complexity index is 806. The molecule has 0 radical (unpaired) electrons. The molecule has 0 fully saturated rings. The number of para-hydroxylation sites is 1. The van der Waals surface area contributed by atoms with Crippen LogP contribution in [-0.2, 0) is 0 Å². The van der Waals surface area contributed by atoms with Crippen LogP contribution in [0.1, 0.15) is 10.4 Å². The zero-order chi connectivity index (χ0) is 14.3. The fraction of sp³-hybridized carbons (Fsp3) is 0. The highest BCUT2D eigenvalue weighted by molar-refractivity contribution is 6.38. The second kappa shape index (κ2) is 4.81. The van der Waals surface area contributed by atoms with Crippen LogP contribution in [0.2, 0.25) is 10.0 Å². The molecule has 0 atom stereocenters. The highest BCUT2D eigenvalue weighted by atomic mass is 35.5. The van der Waals surface area contributed by atoms with Gasteiger partial charge in [0.1, 0.15) is 11.1 Å². The van der Waals surface area contributed by atoms with Gasteiger partial charge in [0, 0.05) is 0 Å². The summed E-state index contributed by atoms with van der Waals surface area (Å²) in [6, 6.07) is 9.75. The molecule has 3 rings (SSSR count). The predicted molar refractivity (Wildman–Crippen MR) is 76.4 cm³/mol. The number of hydrogen-bond donors (Lipinski definition) is 1. The molecule has 100 valence electrons. The molecule has 1 aromatic heterocycles. The van der Waals surface area contributed by atoms with Gasteiger partial charge in [-0.1, -0.05) is 35.3 Å². The van der Waals surface area contributed by atoms with Crippen molar-refractivity contribution < 1.29 is 14.3 Å². The molecule has 0 saturated heterocycles. The summed E-state index contributed by atoms with van der Waals surface area (Å²) in [5.74, 6) is -0.882. The van der Waals surface area contributed by atoms with Crippen LogP contribution in [0.4, 0.5) is 0 Å². The SMILES string of the molecule is O=C(O)c1cccc2nc(-c3c(Cl)cccc3Cl)oc12. The third kappa shape index (κ3) is 2.03. The number of carboxylic acid groups (broad SMARTS) is 1. The normalized spacial score (nSPS) is 10.9. The van der Waals surface area contributed by atoms with Crippen LogP contribution < -0.4 is 0 Å². The molecule has 0 aliphatic rings. The van der Waals surface area contributed by atoms with Crippen molar-refractivity contribution in [2.75, 3.05) is 0 Å². The van der Waals surface area contributed by atoms with Gasteiger partial charge in [-0.05, 0) is 24.3 Å². The number of aromatic carboxylic acids is 1. The van der Waals surface area contributed by atoms with Crippen molar-refractivity contribution >= 4 is 40.3 Å². The first-order valence-electron chi connectivity index (χ1n) is 5.65. The van der Waals surface area contributed by atoms with E-state index in [9.17, 15) is 4.79 Å². The molecule has 0 aliphatic carbocycles. The maximum absolute atomic E-state index is 11.2. The summed E-state index contributed by atoms with van der Waals surface area (Å²) in [6.45, 7) is 0. The Hall–Kier alpha value is -2.04. The van der Waals surface area contributed by atoms with Gasteiger partial charge in [-0.15, -0.1) is 0 Å². The summed E-state index contributed by atoms with van der Waals surface area (Å²) in [6.07, 6.45) is 0. The Labute approximate surface area is 123 Å². The molecule has 0 aliphatic heterocycles. The quantitative estimate of drug-likeness (QED) is 0.757. The van der Waals surface area contributed by atoms with E-state index in [4.69, 9.17) is 32.7 Å². The van der Waals surface area contributed by atoms with Crippen molar-refractivity contribution in [1.29, 1.82) is 0 Å².